The van der Waals surface area contributed by atoms with Gasteiger partial charge in [0.2, 0.25) is 5.88 Å². The van der Waals surface area contributed by atoms with Crippen LogP contribution in [0.2, 0.25) is 5.02 Å². The van der Waals surface area contributed by atoms with Crippen LogP contribution in [0, 0.1) is 0 Å². The molecule has 0 N–H and O–H groups in total. The van der Waals surface area contributed by atoms with Crippen LogP contribution < -0.4 is 9.47 Å². The summed E-state index contributed by atoms with van der Waals surface area (Å²) < 4.78 is 50.5. The average molecular weight is 427 g/mol. The third-order valence-electron chi connectivity index (χ3n) is 3.57. The summed E-state index contributed by atoms with van der Waals surface area (Å²) in [5, 5.41) is 0.451. The van der Waals surface area contributed by atoms with Gasteiger partial charge >= 0.3 is 6.18 Å². The number of rotatable bonds is 6. The molecule has 2 aromatic carbocycles. The van der Waals surface area contributed by atoms with Crippen LogP contribution in [0.15, 0.2) is 59.8 Å². The number of methoxy groups -OCH3 is 1. The second-order valence-electron chi connectivity index (χ2n) is 5.50. The lowest BCUT2D eigenvalue weighted by Crippen LogP contribution is -2.10. The number of benzene rings is 2. The lowest BCUT2D eigenvalue weighted by atomic mass is 10.2. The Kier molecular flexibility index (Phi) is 6.31. The van der Waals surface area contributed by atoms with Crippen LogP contribution in [0.3, 0.4) is 0 Å². The summed E-state index contributed by atoms with van der Waals surface area (Å²) in [5.74, 6) is 0.710. The van der Waals surface area contributed by atoms with Crippen LogP contribution in [-0.4, -0.2) is 17.1 Å². The van der Waals surface area contributed by atoms with Gasteiger partial charge in [-0.1, -0.05) is 53.7 Å². The van der Waals surface area contributed by atoms with E-state index in [2.05, 4.69) is 9.97 Å². The monoisotopic (exact) mass is 426 g/mol. The van der Waals surface area contributed by atoms with Crippen LogP contribution in [-0.2, 0) is 11.9 Å². The topological polar surface area (TPSA) is 44.2 Å². The third-order valence-corrected chi connectivity index (χ3v) is 4.84. The smallest absolute Gasteiger partial charge is 0.433 e. The van der Waals surface area contributed by atoms with Crippen molar-refractivity contribution in [2.75, 3.05) is 7.11 Å². The fraction of sp³-hybridized carbons (Fsp3) is 0.158. The summed E-state index contributed by atoms with van der Waals surface area (Å²) in [6, 6.07) is 14.4. The summed E-state index contributed by atoms with van der Waals surface area (Å²) in [6.07, 6.45) is -4.64. The highest BCUT2D eigenvalue weighted by Gasteiger charge is 2.34. The minimum atomic E-state index is -4.64. The molecule has 28 heavy (non-hydrogen) atoms. The zero-order valence-corrected chi connectivity index (χ0v) is 16.1. The molecular weight excluding hydrogens is 413 g/mol. The number of hydrogen-bond acceptors (Lipinski definition) is 5. The van der Waals surface area contributed by atoms with Gasteiger partial charge in [0.1, 0.15) is 0 Å². The minimum absolute atomic E-state index is 0.0698. The largest absolute Gasteiger partial charge is 0.493 e. The van der Waals surface area contributed by atoms with Gasteiger partial charge in [-0.25, -0.2) is 4.98 Å². The van der Waals surface area contributed by atoms with Crippen LogP contribution in [0.5, 0.6) is 17.4 Å². The van der Waals surface area contributed by atoms with Crippen molar-refractivity contribution in [3.8, 4) is 17.4 Å². The van der Waals surface area contributed by atoms with Gasteiger partial charge in [0.15, 0.2) is 22.3 Å². The number of hydrogen-bond donors (Lipinski definition) is 0. The van der Waals surface area contributed by atoms with Crippen molar-refractivity contribution >= 4 is 23.4 Å². The molecule has 3 rings (SSSR count). The van der Waals surface area contributed by atoms with Crippen LogP contribution in [0.4, 0.5) is 13.2 Å². The van der Waals surface area contributed by atoms with Crippen molar-refractivity contribution in [2.24, 2.45) is 0 Å². The number of nitrogens with zero attached hydrogens (tertiary/aromatic N) is 2. The molecule has 1 heterocycles. The van der Waals surface area contributed by atoms with Crippen molar-refractivity contribution in [1.82, 2.24) is 9.97 Å². The Balaban J connectivity index is 1.90. The molecular formula is C19H14ClF3N2O2S. The third kappa shape index (κ3) is 5.08. The highest BCUT2D eigenvalue weighted by molar-refractivity contribution is 7.98. The SMILES string of the molecule is COc1ccccc1Oc1cc(C(F)(F)F)nc(SCc2ccccc2Cl)n1. The first kappa shape index (κ1) is 20.3. The molecule has 0 amide bonds. The Morgan fingerprint density at radius 3 is 2.36 bits per heavy atom. The highest BCUT2D eigenvalue weighted by atomic mass is 35.5. The van der Waals surface area contributed by atoms with Crippen molar-refractivity contribution in [2.45, 2.75) is 17.1 Å². The zero-order chi connectivity index (χ0) is 20.1. The van der Waals surface area contributed by atoms with Gasteiger partial charge in [0, 0.05) is 16.8 Å². The zero-order valence-electron chi connectivity index (χ0n) is 14.5. The molecule has 0 fully saturated rings. The van der Waals surface area contributed by atoms with Crippen molar-refractivity contribution < 1.29 is 22.6 Å². The van der Waals surface area contributed by atoms with Gasteiger partial charge in [0.05, 0.1) is 7.11 Å². The van der Waals surface area contributed by atoms with Gasteiger partial charge in [0.25, 0.3) is 0 Å². The summed E-state index contributed by atoms with van der Waals surface area (Å²) in [5.41, 5.74) is -0.323. The van der Waals surface area contributed by atoms with Gasteiger partial charge in [-0.15, -0.1) is 0 Å². The number of para-hydroxylation sites is 2. The molecule has 0 aliphatic carbocycles. The summed E-state index contributed by atoms with van der Waals surface area (Å²) in [7, 11) is 1.44. The molecule has 3 aromatic rings. The molecule has 0 spiro atoms. The van der Waals surface area contributed by atoms with Gasteiger partial charge < -0.3 is 9.47 Å². The lowest BCUT2D eigenvalue weighted by molar-refractivity contribution is -0.141. The van der Waals surface area contributed by atoms with E-state index >= 15 is 0 Å². The predicted octanol–water partition coefficient (Wildman–Crippen LogP) is 6.24. The first-order valence-electron chi connectivity index (χ1n) is 8.00. The van der Waals surface area contributed by atoms with Crippen molar-refractivity contribution in [3.05, 3.63) is 70.9 Å². The second kappa shape index (κ2) is 8.70. The number of aromatic nitrogens is 2. The van der Waals surface area contributed by atoms with E-state index in [1.807, 2.05) is 0 Å². The summed E-state index contributed by atoms with van der Waals surface area (Å²) in [4.78, 5) is 7.70. The predicted molar refractivity (Wildman–Crippen MR) is 101 cm³/mol. The van der Waals surface area contributed by atoms with E-state index in [9.17, 15) is 13.2 Å². The van der Waals surface area contributed by atoms with E-state index in [0.717, 1.165) is 23.4 Å². The Morgan fingerprint density at radius 2 is 1.68 bits per heavy atom. The average Bonchev–Trinajstić information content (AvgIpc) is 2.67. The van der Waals surface area contributed by atoms with Gasteiger partial charge in [-0.3, -0.25) is 0 Å². The van der Waals surface area contributed by atoms with Crippen molar-refractivity contribution in [1.29, 1.82) is 0 Å². The van der Waals surface area contributed by atoms with Gasteiger partial charge in [-0.05, 0) is 23.8 Å². The Bertz CT molecular complexity index is 970. The Hall–Kier alpha value is -2.45. The summed E-state index contributed by atoms with van der Waals surface area (Å²) >= 11 is 7.13. The maximum Gasteiger partial charge on any atom is 0.433 e. The first-order valence-corrected chi connectivity index (χ1v) is 9.36. The van der Waals surface area contributed by atoms with E-state index in [1.165, 1.54) is 7.11 Å². The van der Waals surface area contributed by atoms with E-state index in [-0.39, 0.29) is 16.8 Å². The maximum absolute atomic E-state index is 13.3. The number of halogens is 4. The molecule has 9 heteroatoms. The molecule has 4 nitrogen and oxygen atoms in total. The molecule has 0 unspecified atom stereocenters. The number of ether oxygens (including phenoxy) is 2. The molecule has 1 aromatic heterocycles. The first-order chi connectivity index (χ1) is 13.4. The molecule has 0 atom stereocenters. The molecule has 0 bridgehead atoms. The number of alkyl halides is 3. The van der Waals surface area contributed by atoms with Crippen LogP contribution in [0.25, 0.3) is 0 Å². The normalized spacial score (nSPS) is 11.3. The fourth-order valence-electron chi connectivity index (χ4n) is 2.24. The van der Waals surface area contributed by atoms with Gasteiger partial charge in [-0.2, -0.15) is 18.2 Å². The highest BCUT2D eigenvalue weighted by Crippen LogP contribution is 2.35. The van der Waals surface area contributed by atoms with Crippen molar-refractivity contribution in [3.63, 3.8) is 0 Å². The standard InChI is InChI=1S/C19H14ClF3N2O2S/c1-26-14-8-4-5-9-15(14)27-17-10-16(19(21,22)23)24-18(25-17)28-11-12-6-2-3-7-13(12)20/h2-10H,11H2,1H3. The number of thioether (sulfide) groups is 1. The molecule has 0 aliphatic heterocycles. The quantitative estimate of drug-likeness (QED) is 0.344. The summed E-state index contributed by atoms with van der Waals surface area (Å²) in [6.45, 7) is 0. The molecule has 0 aliphatic rings. The van der Waals surface area contributed by atoms with E-state index in [1.54, 1.807) is 48.5 Å². The maximum atomic E-state index is 13.3. The van der Waals surface area contributed by atoms with Crippen LogP contribution in [0.1, 0.15) is 11.3 Å². The molecule has 0 saturated carbocycles. The Labute approximate surface area is 168 Å². The van der Waals surface area contributed by atoms with E-state index < -0.39 is 11.9 Å². The van der Waals surface area contributed by atoms with E-state index in [0.29, 0.717) is 16.5 Å². The minimum Gasteiger partial charge on any atom is -0.493 e. The molecule has 146 valence electrons. The molecule has 0 saturated heterocycles. The Morgan fingerprint density at radius 1 is 1.00 bits per heavy atom. The van der Waals surface area contributed by atoms with Crippen LogP contribution >= 0.6 is 23.4 Å². The fourth-order valence-corrected chi connectivity index (χ4v) is 3.37. The lowest BCUT2D eigenvalue weighted by Gasteiger charge is -2.12. The second-order valence-corrected chi connectivity index (χ2v) is 6.85. The molecule has 0 radical (unpaired) electrons. The van der Waals surface area contributed by atoms with E-state index in [4.69, 9.17) is 21.1 Å².